The summed E-state index contributed by atoms with van der Waals surface area (Å²) in [7, 11) is 0. The van der Waals surface area contributed by atoms with Crippen molar-refractivity contribution in [2.45, 2.75) is 96.9 Å². The first-order valence-corrected chi connectivity index (χ1v) is 15.0. The van der Waals surface area contributed by atoms with E-state index in [0.29, 0.717) is 19.8 Å². The van der Waals surface area contributed by atoms with Crippen molar-refractivity contribution in [3.05, 3.63) is 0 Å². The number of unbranched alkanes of at least 4 members (excludes halogenated alkanes) is 9. The first-order valence-electron chi connectivity index (χ1n) is 15.0. The number of ether oxygens (including phenoxy) is 3. The average Bonchev–Trinajstić information content (AvgIpc) is 2.89. The third-order valence-electron chi connectivity index (χ3n) is 7.25. The van der Waals surface area contributed by atoms with Gasteiger partial charge >= 0.3 is 0 Å². The quantitative estimate of drug-likeness (QED) is 0.171. The molecule has 0 aromatic rings. The van der Waals surface area contributed by atoms with Crippen molar-refractivity contribution in [1.29, 1.82) is 0 Å². The van der Waals surface area contributed by atoms with E-state index in [1.54, 1.807) is 0 Å². The van der Waals surface area contributed by atoms with Gasteiger partial charge in [0, 0.05) is 59.3 Å². The maximum absolute atomic E-state index is 6.16. The lowest BCUT2D eigenvalue weighted by molar-refractivity contribution is -0.370. The van der Waals surface area contributed by atoms with Crippen LogP contribution in [0, 0.1) is 0 Å². The van der Waals surface area contributed by atoms with Crippen molar-refractivity contribution in [2.75, 3.05) is 85.3 Å². The van der Waals surface area contributed by atoms with Crippen molar-refractivity contribution >= 4 is 0 Å². The van der Waals surface area contributed by atoms with E-state index in [1.807, 2.05) is 6.92 Å². The number of rotatable bonds is 22. The zero-order valence-electron chi connectivity index (χ0n) is 23.3. The molecule has 0 unspecified atom stereocenters. The second-order valence-corrected chi connectivity index (χ2v) is 10.5. The second kappa shape index (κ2) is 20.7. The van der Waals surface area contributed by atoms with Gasteiger partial charge in [-0.05, 0) is 45.2 Å². The lowest BCUT2D eigenvalue weighted by Gasteiger charge is -2.30. The van der Waals surface area contributed by atoms with Crippen molar-refractivity contribution in [2.24, 2.45) is 0 Å². The number of nitrogens with one attached hydrogen (secondary N) is 2. The molecular formula is C28H58N4O3. The smallest absolute Gasteiger partial charge is 0.279 e. The first kappa shape index (κ1) is 30.9. The Bertz CT molecular complexity index is 439. The molecule has 2 aliphatic rings. The monoisotopic (exact) mass is 498 g/mol. The molecule has 2 heterocycles. The van der Waals surface area contributed by atoms with Gasteiger partial charge in [-0.3, -0.25) is 0 Å². The lowest BCUT2D eigenvalue weighted by Crippen LogP contribution is -2.43. The van der Waals surface area contributed by atoms with Crippen LogP contribution < -0.4 is 10.6 Å². The number of piperazine rings is 2. The molecule has 0 amide bonds. The lowest BCUT2D eigenvalue weighted by atomic mass is 10.2. The molecule has 0 saturated carbocycles. The number of nitrogens with zero attached hydrogens (tertiary/aromatic N) is 2. The minimum atomic E-state index is -0.895. The molecule has 0 atom stereocenters. The van der Waals surface area contributed by atoms with Gasteiger partial charge < -0.3 is 34.6 Å². The summed E-state index contributed by atoms with van der Waals surface area (Å²) in [6.45, 7) is 18.2. The van der Waals surface area contributed by atoms with E-state index >= 15 is 0 Å². The van der Waals surface area contributed by atoms with E-state index in [-0.39, 0.29) is 0 Å². The number of hydrogen-bond acceptors (Lipinski definition) is 7. The molecule has 7 nitrogen and oxygen atoms in total. The van der Waals surface area contributed by atoms with E-state index in [4.69, 9.17) is 14.2 Å². The van der Waals surface area contributed by atoms with Crippen LogP contribution in [0.25, 0.3) is 0 Å². The number of hydrogen-bond donors (Lipinski definition) is 2. The maximum atomic E-state index is 6.16. The maximum Gasteiger partial charge on any atom is 0.279 e. The minimum absolute atomic E-state index is 0.712. The molecule has 35 heavy (non-hydrogen) atoms. The minimum Gasteiger partial charge on any atom is -0.328 e. The molecule has 2 rings (SSSR count). The fourth-order valence-electron chi connectivity index (χ4n) is 4.88. The van der Waals surface area contributed by atoms with Gasteiger partial charge in [0.1, 0.15) is 0 Å². The summed E-state index contributed by atoms with van der Waals surface area (Å²) in [6, 6.07) is 0. The fraction of sp³-hybridized carbons (Fsp3) is 1.00. The molecule has 0 aromatic heterocycles. The third-order valence-corrected chi connectivity index (χ3v) is 7.25. The van der Waals surface area contributed by atoms with E-state index < -0.39 is 5.97 Å². The summed E-state index contributed by atoms with van der Waals surface area (Å²) < 4.78 is 18.4. The predicted molar refractivity (Wildman–Crippen MR) is 146 cm³/mol. The summed E-state index contributed by atoms with van der Waals surface area (Å²) in [4.78, 5) is 5.16. The van der Waals surface area contributed by atoms with E-state index in [0.717, 1.165) is 45.4 Å². The van der Waals surface area contributed by atoms with Crippen molar-refractivity contribution < 1.29 is 14.2 Å². The zero-order chi connectivity index (χ0) is 24.9. The second-order valence-electron chi connectivity index (χ2n) is 10.5. The van der Waals surface area contributed by atoms with Crippen molar-refractivity contribution in [3.63, 3.8) is 0 Å². The standard InChI is InChI=1S/C28H58N4O3/c1-3-4-5-12-25-33-28(2,34-26-13-8-6-10-19-31-21-15-29-16-22-31)35-27-14-9-7-11-20-32-23-17-30-18-24-32/h29-30H,3-27H2,1-2H3. The normalized spacial score (nSPS) is 18.3. The first-order chi connectivity index (χ1) is 17.2. The fourth-order valence-corrected chi connectivity index (χ4v) is 4.88. The highest BCUT2D eigenvalue weighted by Crippen LogP contribution is 2.18. The van der Waals surface area contributed by atoms with Crippen LogP contribution in [0.3, 0.4) is 0 Å². The highest BCUT2D eigenvalue weighted by Gasteiger charge is 2.26. The highest BCUT2D eigenvalue weighted by molar-refractivity contribution is 4.68. The Morgan fingerprint density at radius 1 is 0.543 bits per heavy atom. The van der Waals surface area contributed by atoms with E-state index in [2.05, 4.69) is 27.4 Å². The Kier molecular flexibility index (Phi) is 18.3. The van der Waals surface area contributed by atoms with Crippen LogP contribution in [-0.2, 0) is 14.2 Å². The molecule has 2 fully saturated rings. The van der Waals surface area contributed by atoms with Gasteiger partial charge in [0.25, 0.3) is 5.97 Å². The largest absolute Gasteiger partial charge is 0.328 e. The van der Waals surface area contributed by atoms with Crippen LogP contribution in [0.5, 0.6) is 0 Å². The molecule has 0 radical (unpaired) electrons. The Morgan fingerprint density at radius 2 is 0.914 bits per heavy atom. The molecular weight excluding hydrogens is 440 g/mol. The molecule has 0 bridgehead atoms. The molecule has 0 aromatic carbocycles. The van der Waals surface area contributed by atoms with Crippen molar-refractivity contribution in [1.82, 2.24) is 20.4 Å². The third kappa shape index (κ3) is 16.2. The molecule has 0 aliphatic carbocycles. The van der Waals surface area contributed by atoms with Crippen LogP contribution in [0.2, 0.25) is 0 Å². The summed E-state index contributed by atoms with van der Waals surface area (Å²) in [5, 5.41) is 6.85. The Morgan fingerprint density at radius 3 is 1.31 bits per heavy atom. The molecule has 7 heteroatoms. The van der Waals surface area contributed by atoms with Crippen LogP contribution in [0.1, 0.15) is 90.9 Å². The average molecular weight is 499 g/mol. The Labute approximate surface area is 217 Å². The molecule has 2 aliphatic heterocycles. The summed E-state index contributed by atoms with van der Waals surface area (Å²) in [5.41, 5.74) is 0. The predicted octanol–water partition coefficient (Wildman–Crippen LogP) is 4.22. The topological polar surface area (TPSA) is 58.2 Å². The van der Waals surface area contributed by atoms with Gasteiger partial charge in [-0.15, -0.1) is 0 Å². The summed E-state index contributed by atoms with van der Waals surface area (Å²) in [6.07, 6.45) is 14.5. The molecule has 2 saturated heterocycles. The summed E-state index contributed by atoms with van der Waals surface area (Å²) >= 11 is 0. The SMILES string of the molecule is CCCCCCOC(C)(OCCCCCCN1CCNCC1)OCCCCCCN1CCNCC1. The Hall–Kier alpha value is -0.280. The molecule has 2 N–H and O–H groups in total. The van der Waals surface area contributed by atoms with E-state index in [1.165, 1.54) is 97.1 Å². The zero-order valence-corrected chi connectivity index (χ0v) is 23.3. The van der Waals surface area contributed by atoms with Gasteiger partial charge in [-0.2, -0.15) is 0 Å². The van der Waals surface area contributed by atoms with Gasteiger partial charge in [-0.1, -0.05) is 51.9 Å². The van der Waals surface area contributed by atoms with Gasteiger partial charge in [0.05, 0.1) is 19.8 Å². The summed E-state index contributed by atoms with van der Waals surface area (Å²) in [5.74, 6) is -0.895. The van der Waals surface area contributed by atoms with Crippen LogP contribution in [-0.4, -0.2) is 101 Å². The van der Waals surface area contributed by atoms with Gasteiger partial charge in [-0.25, -0.2) is 0 Å². The van der Waals surface area contributed by atoms with Crippen LogP contribution >= 0.6 is 0 Å². The van der Waals surface area contributed by atoms with E-state index in [9.17, 15) is 0 Å². The van der Waals surface area contributed by atoms with Crippen LogP contribution in [0.4, 0.5) is 0 Å². The molecule has 208 valence electrons. The Balaban J connectivity index is 1.53. The van der Waals surface area contributed by atoms with Crippen molar-refractivity contribution in [3.8, 4) is 0 Å². The highest BCUT2D eigenvalue weighted by atomic mass is 16.9. The molecule has 0 spiro atoms. The van der Waals surface area contributed by atoms with Gasteiger partial charge in [0.2, 0.25) is 0 Å². The van der Waals surface area contributed by atoms with Crippen LogP contribution in [0.15, 0.2) is 0 Å². The van der Waals surface area contributed by atoms with Gasteiger partial charge in [0.15, 0.2) is 0 Å².